The van der Waals surface area contributed by atoms with Crippen LogP contribution >= 0.6 is 27.5 Å². The number of benzene rings is 1. The molecule has 0 aliphatic heterocycles. The van der Waals surface area contributed by atoms with E-state index in [0.29, 0.717) is 21.9 Å². The Balaban J connectivity index is 2.41. The average molecular weight is 374 g/mol. The SMILES string of the molecule is CCNc1ncnc(Oc2cc(Cl)ccc2[N+](=O)[O-])c1Br. The van der Waals surface area contributed by atoms with E-state index >= 15 is 0 Å². The summed E-state index contributed by atoms with van der Waals surface area (Å²) in [6.07, 6.45) is 1.30. The van der Waals surface area contributed by atoms with Crippen molar-refractivity contribution in [3.05, 3.63) is 44.1 Å². The van der Waals surface area contributed by atoms with Gasteiger partial charge >= 0.3 is 5.69 Å². The van der Waals surface area contributed by atoms with Gasteiger partial charge in [-0.15, -0.1) is 0 Å². The van der Waals surface area contributed by atoms with Crippen molar-refractivity contribution < 1.29 is 9.66 Å². The van der Waals surface area contributed by atoms with Crippen LogP contribution in [0.1, 0.15) is 6.92 Å². The minimum atomic E-state index is -0.550. The maximum absolute atomic E-state index is 11.0. The molecule has 21 heavy (non-hydrogen) atoms. The number of nitro groups is 1. The maximum atomic E-state index is 11.0. The van der Waals surface area contributed by atoms with Gasteiger partial charge in [0.2, 0.25) is 11.6 Å². The van der Waals surface area contributed by atoms with Crippen molar-refractivity contribution >= 4 is 39.0 Å². The number of aromatic nitrogens is 2. The number of hydrogen-bond acceptors (Lipinski definition) is 6. The van der Waals surface area contributed by atoms with E-state index in [1.54, 1.807) is 0 Å². The van der Waals surface area contributed by atoms with Gasteiger partial charge < -0.3 is 10.1 Å². The van der Waals surface area contributed by atoms with Gasteiger partial charge in [-0.1, -0.05) is 11.6 Å². The average Bonchev–Trinajstić information content (AvgIpc) is 2.43. The van der Waals surface area contributed by atoms with Gasteiger partial charge in [0.1, 0.15) is 16.6 Å². The molecule has 0 saturated carbocycles. The van der Waals surface area contributed by atoms with Crippen molar-refractivity contribution in [3.63, 3.8) is 0 Å². The summed E-state index contributed by atoms with van der Waals surface area (Å²) in [6, 6.07) is 4.06. The van der Waals surface area contributed by atoms with E-state index in [2.05, 4.69) is 31.2 Å². The molecule has 0 bridgehead atoms. The number of halogens is 2. The van der Waals surface area contributed by atoms with E-state index in [4.69, 9.17) is 16.3 Å². The fourth-order valence-electron chi connectivity index (χ4n) is 1.54. The lowest BCUT2D eigenvalue weighted by atomic mass is 10.3. The first kappa shape index (κ1) is 15.5. The molecule has 0 aliphatic carbocycles. The van der Waals surface area contributed by atoms with E-state index in [1.807, 2.05) is 6.92 Å². The Morgan fingerprint density at radius 2 is 2.24 bits per heavy atom. The van der Waals surface area contributed by atoms with Crippen LogP contribution in [-0.2, 0) is 0 Å². The van der Waals surface area contributed by atoms with E-state index in [9.17, 15) is 10.1 Å². The minimum absolute atomic E-state index is 0.00866. The largest absolute Gasteiger partial charge is 0.430 e. The van der Waals surface area contributed by atoms with Gasteiger partial charge in [0, 0.05) is 23.7 Å². The lowest BCUT2D eigenvalue weighted by Crippen LogP contribution is -2.02. The van der Waals surface area contributed by atoms with Crippen LogP contribution in [0.4, 0.5) is 11.5 Å². The highest BCUT2D eigenvalue weighted by molar-refractivity contribution is 9.10. The molecule has 2 aromatic rings. The number of ether oxygens (including phenoxy) is 1. The number of nitro benzene ring substituents is 1. The van der Waals surface area contributed by atoms with Crippen LogP contribution in [0, 0.1) is 10.1 Å². The van der Waals surface area contributed by atoms with E-state index in [-0.39, 0.29) is 17.3 Å². The molecule has 110 valence electrons. The van der Waals surface area contributed by atoms with Crippen LogP contribution in [-0.4, -0.2) is 21.4 Å². The number of hydrogen-bond donors (Lipinski definition) is 1. The highest BCUT2D eigenvalue weighted by atomic mass is 79.9. The van der Waals surface area contributed by atoms with Crippen molar-refractivity contribution in [1.82, 2.24) is 9.97 Å². The summed E-state index contributed by atoms with van der Waals surface area (Å²) < 4.78 is 5.98. The third kappa shape index (κ3) is 3.59. The molecule has 7 nitrogen and oxygen atoms in total. The highest BCUT2D eigenvalue weighted by Crippen LogP contribution is 2.37. The van der Waals surface area contributed by atoms with Crippen LogP contribution in [0.15, 0.2) is 29.0 Å². The smallest absolute Gasteiger partial charge is 0.311 e. The molecule has 1 heterocycles. The summed E-state index contributed by atoms with van der Waals surface area (Å²) in [6.45, 7) is 2.57. The lowest BCUT2D eigenvalue weighted by molar-refractivity contribution is -0.385. The molecule has 2 rings (SSSR count). The van der Waals surface area contributed by atoms with Crippen molar-refractivity contribution in [2.75, 3.05) is 11.9 Å². The van der Waals surface area contributed by atoms with Crippen molar-refractivity contribution in [2.45, 2.75) is 6.92 Å². The third-order valence-corrected chi connectivity index (χ3v) is 3.38. The summed E-state index contributed by atoms with van der Waals surface area (Å²) in [5, 5.41) is 14.3. The summed E-state index contributed by atoms with van der Waals surface area (Å²) in [5.74, 6) is 0.702. The standard InChI is InChI=1S/C12H10BrClN4O3/c1-2-15-11-10(13)12(17-6-16-11)21-9-5-7(14)3-4-8(9)18(19)20/h3-6H,2H2,1H3,(H,15,16,17). The van der Waals surface area contributed by atoms with Crippen molar-refractivity contribution in [1.29, 1.82) is 0 Å². The summed E-state index contributed by atoms with van der Waals surface area (Å²) >= 11 is 9.15. The second-order valence-corrected chi connectivity index (χ2v) is 5.07. The number of nitrogens with one attached hydrogen (secondary N) is 1. The van der Waals surface area contributed by atoms with Gasteiger partial charge in [-0.25, -0.2) is 9.97 Å². The first-order valence-electron chi connectivity index (χ1n) is 5.89. The molecule has 1 N–H and O–H groups in total. The Hall–Kier alpha value is -1.93. The molecular weight excluding hydrogens is 364 g/mol. The van der Waals surface area contributed by atoms with E-state index in [0.717, 1.165) is 0 Å². The van der Waals surface area contributed by atoms with Gasteiger partial charge in [-0.3, -0.25) is 10.1 Å². The zero-order valence-electron chi connectivity index (χ0n) is 10.8. The van der Waals surface area contributed by atoms with Crippen LogP contribution in [0.25, 0.3) is 0 Å². The molecule has 0 atom stereocenters. The first-order valence-corrected chi connectivity index (χ1v) is 7.06. The van der Waals surface area contributed by atoms with Crippen molar-refractivity contribution in [3.8, 4) is 11.6 Å². The second-order valence-electron chi connectivity index (χ2n) is 3.84. The zero-order valence-corrected chi connectivity index (χ0v) is 13.2. The quantitative estimate of drug-likeness (QED) is 0.628. The Morgan fingerprint density at radius 1 is 1.48 bits per heavy atom. The topological polar surface area (TPSA) is 90.2 Å². The zero-order chi connectivity index (χ0) is 15.4. The monoisotopic (exact) mass is 372 g/mol. The van der Waals surface area contributed by atoms with E-state index < -0.39 is 4.92 Å². The highest BCUT2D eigenvalue weighted by Gasteiger charge is 2.19. The predicted octanol–water partition coefficient (Wildman–Crippen LogP) is 4.02. The maximum Gasteiger partial charge on any atom is 0.311 e. The predicted molar refractivity (Wildman–Crippen MR) is 82.1 cm³/mol. The molecule has 1 aromatic heterocycles. The normalized spacial score (nSPS) is 10.2. The Labute approximate surface area is 133 Å². The van der Waals surface area contributed by atoms with Crippen LogP contribution in [0.5, 0.6) is 11.6 Å². The summed E-state index contributed by atoms with van der Waals surface area (Å²) in [7, 11) is 0. The van der Waals surface area contributed by atoms with Crippen LogP contribution in [0.2, 0.25) is 5.02 Å². The van der Waals surface area contributed by atoms with Crippen molar-refractivity contribution in [2.24, 2.45) is 0 Å². The first-order chi connectivity index (χ1) is 10.0. The van der Waals surface area contributed by atoms with E-state index in [1.165, 1.54) is 24.5 Å². The number of nitrogens with zero attached hydrogens (tertiary/aromatic N) is 3. The lowest BCUT2D eigenvalue weighted by Gasteiger charge is -2.10. The molecule has 0 fully saturated rings. The third-order valence-electron chi connectivity index (χ3n) is 2.43. The molecule has 0 spiro atoms. The Kier molecular flexibility index (Phi) is 4.92. The van der Waals surface area contributed by atoms with Gasteiger partial charge in [0.05, 0.1) is 4.92 Å². The number of rotatable bonds is 5. The van der Waals surface area contributed by atoms with Gasteiger partial charge in [-0.05, 0) is 28.9 Å². The Bertz CT molecular complexity index is 684. The summed E-state index contributed by atoms with van der Waals surface area (Å²) in [5.41, 5.74) is -0.199. The van der Waals surface area contributed by atoms with Gasteiger partial charge in [0.25, 0.3) is 0 Å². The second kappa shape index (κ2) is 6.68. The van der Waals surface area contributed by atoms with Gasteiger partial charge in [0.15, 0.2) is 0 Å². The summed E-state index contributed by atoms with van der Waals surface area (Å²) in [4.78, 5) is 18.5. The minimum Gasteiger partial charge on any atom is -0.430 e. The van der Waals surface area contributed by atoms with Crippen LogP contribution < -0.4 is 10.1 Å². The number of anilines is 1. The molecule has 0 unspecified atom stereocenters. The fraction of sp³-hybridized carbons (Fsp3) is 0.167. The van der Waals surface area contributed by atoms with Gasteiger partial charge in [-0.2, -0.15) is 0 Å². The van der Waals surface area contributed by atoms with Crippen LogP contribution in [0.3, 0.4) is 0 Å². The Morgan fingerprint density at radius 3 is 2.90 bits per heavy atom. The molecular formula is C12H10BrClN4O3. The molecule has 1 aromatic carbocycles. The molecule has 9 heteroatoms. The molecule has 0 aliphatic rings. The molecule has 0 radical (unpaired) electrons. The molecule has 0 amide bonds. The molecule has 0 saturated heterocycles. The fourth-order valence-corrected chi connectivity index (χ4v) is 2.13.